The van der Waals surface area contributed by atoms with Gasteiger partial charge >= 0.3 is 0 Å². The zero-order valence-electron chi connectivity index (χ0n) is 10.2. The predicted molar refractivity (Wildman–Crippen MR) is 89.5 cm³/mol. The van der Waals surface area contributed by atoms with Gasteiger partial charge in [0, 0.05) is 28.0 Å². The Balaban J connectivity index is 1.77. The molecule has 0 atom stereocenters. The highest BCUT2D eigenvalue weighted by atomic mass is 79.9. The summed E-state index contributed by atoms with van der Waals surface area (Å²) >= 11 is 14.9. The molecule has 2 aromatic rings. The van der Waals surface area contributed by atoms with Gasteiger partial charge < -0.3 is 14.8 Å². The summed E-state index contributed by atoms with van der Waals surface area (Å²) in [5, 5.41) is 3.95. The van der Waals surface area contributed by atoms with Gasteiger partial charge in [-0.2, -0.15) is 0 Å². The summed E-state index contributed by atoms with van der Waals surface area (Å²) < 4.78 is 13.2. The van der Waals surface area contributed by atoms with Crippen LogP contribution in [-0.2, 0) is 6.54 Å². The quantitative estimate of drug-likeness (QED) is 0.703. The van der Waals surface area contributed by atoms with E-state index in [0.717, 1.165) is 19.7 Å². The number of hydrogen-bond donors (Lipinski definition) is 1. The highest BCUT2D eigenvalue weighted by Crippen LogP contribution is 2.38. The van der Waals surface area contributed by atoms with Gasteiger partial charge in [-0.1, -0.05) is 11.6 Å². The Labute approximate surface area is 142 Å². The minimum Gasteiger partial charge on any atom is -0.486 e. The van der Waals surface area contributed by atoms with Crippen LogP contribution in [0.1, 0.15) is 4.88 Å². The number of thiophene rings is 1. The summed E-state index contributed by atoms with van der Waals surface area (Å²) in [6.07, 6.45) is 0. The normalized spacial score (nSPS) is 13.3. The molecule has 3 nitrogen and oxygen atoms in total. The van der Waals surface area contributed by atoms with Crippen LogP contribution >= 0.6 is 54.8 Å². The van der Waals surface area contributed by atoms with E-state index < -0.39 is 0 Å². The Bertz CT molecular complexity index is 628. The number of ether oxygens (including phenoxy) is 2. The lowest BCUT2D eigenvalue weighted by Crippen LogP contribution is -2.15. The van der Waals surface area contributed by atoms with Crippen molar-refractivity contribution in [2.45, 2.75) is 6.54 Å². The van der Waals surface area contributed by atoms with Crippen molar-refractivity contribution in [1.82, 2.24) is 0 Å². The molecule has 1 aromatic carbocycles. The average Bonchev–Trinajstić information content (AvgIpc) is 2.75. The molecule has 0 bridgehead atoms. The van der Waals surface area contributed by atoms with Gasteiger partial charge in [-0.3, -0.25) is 0 Å². The molecule has 1 N–H and O–H groups in total. The topological polar surface area (TPSA) is 30.5 Å². The third-order valence-electron chi connectivity index (χ3n) is 2.78. The maximum absolute atomic E-state index is 6.25. The first kappa shape index (κ1) is 14.5. The van der Waals surface area contributed by atoms with Crippen LogP contribution in [0.5, 0.6) is 11.5 Å². The maximum Gasteiger partial charge on any atom is 0.163 e. The smallest absolute Gasteiger partial charge is 0.163 e. The Hall–Kier alpha value is -0.430. The van der Waals surface area contributed by atoms with Crippen molar-refractivity contribution in [3.8, 4) is 11.5 Å². The Morgan fingerprint density at radius 2 is 1.85 bits per heavy atom. The molecular formula is C13H10Br2ClNO2S. The molecule has 0 radical (unpaired) electrons. The second-order valence-electron chi connectivity index (χ2n) is 4.16. The van der Waals surface area contributed by atoms with E-state index in [9.17, 15) is 0 Å². The molecule has 1 aliphatic rings. The van der Waals surface area contributed by atoms with Crippen LogP contribution in [0.2, 0.25) is 5.02 Å². The van der Waals surface area contributed by atoms with Crippen LogP contribution in [0.3, 0.4) is 0 Å². The first-order valence-corrected chi connectivity index (χ1v) is 8.68. The molecule has 0 spiro atoms. The molecule has 1 aromatic heterocycles. The molecule has 0 unspecified atom stereocenters. The van der Waals surface area contributed by atoms with E-state index in [4.69, 9.17) is 21.1 Å². The second-order valence-corrected chi connectivity index (χ2v) is 7.88. The molecule has 20 heavy (non-hydrogen) atoms. The standard InChI is InChI=1S/C13H10Br2ClNO2S/c14-8-3-7(20-13(8)15)6-17-10-5-12-11(4-9(10)16)18-1-2-19-12/h3-5,17H,1-2,6H2. The predicted octanol–water partition coefficient (Wildman–Crippen LogP) is 5.31. The fourth-order valence-electron chi connectivity index (χ4n) is 1.86. The molecule has 0 fully saturated rings. The molecule has 0 amide bonds. The molecular weight excluding hydrogens is 429 g/mol. The van der Waals surface area contributed by atoms with Crippen molar-refractivity contribution in [2.75, 3.05) is 18.5 Å². The number of rotatable bonds is 3. The van der Waals surface area contributed by atoms with Crippen LogP contribution in [0, 0.1) is 0 Å². The number of anilines is 1. The van der Waals surface area contributed by atoms with Crippen molar-refractivity contribution in [1.29, 1.82) is 0 Å². The monoisotopic (exact) mass is 437 g/mol. The molecule has 0 saturated carbocycles. The van der Waals surface area contributed by atoms with Gasteiger partial charge in [0.05, 0.1) is 14.5 Å². The number of benzene rings is 1. The lowest BCUT2D eigenvalue weighted by Gasteiger charge is -2.20. The summed E-state index contributed by atoms with van der Waals surface area (Å²) in [5.41, 5.74) is 0.844. The Morgan fingerprint density at radius 3 is 2.50 bits per heavy atom. The SMILES string of the molecule is Clc1cc2c(cc1NCc1cc(Br)c(Br)s1)OCCO2. The van der Waals surface area contributed by atoms with Gasteiger partial charge in [0.15, 0.2) is 11.5 Å². The maximum atomic E-state index is 6.25. The Morgan fingerprint density at radius 1 is 1.15 bits per heavy atom. The van der Waals surface area contributed by atoms with E-state index in [1.807, 2.05) is 6.07 Å². The van der Waals surface area contributed by atoms with E-state index in [1.165, 1.54) is 4.88 Å². The van der Waals surface area contributed by atoms with E-state index >= 15 is 0 Å². The van der Waals surface area contributed by atoms with Crippen molar-refractivity contribution in [2.24, 2.45) is 0 Å². The summed E-state index contributed by atoms with van der Waals surface area (Å²) in [5.74, 6) is 1.44. The molecule has 2 heterocycles. The van der Waals surface area contributed by atoms with Crippen molar-refractivity contribution >= 4 is 60.5 Å². The first-order valence-electron chi connectivity index (χ1n) is 5.90. The van der Waals surface area contributed by atoms with Gasteiger partial charge in [0.25, 0.3) is 0 Å². The highest BCUT2D eigenvalue weighted by molar-refractivity contribution is 9.13. The van der Waals surface area contributed by atoms with E-state index in [1.54, 1.807) is 17.4 Å². The van der Waals surface area contributed by atoms with Crippen LogP contribution in [-0.4, -0.2) is 13.2 Å². The average molecular weight is 440 g/mol. The lowest BCUT2D eigenvalue weighted by atomic mass is 10.2. The van der Waals surface area contributed by atoms with Gasteiger partial charge in [-0.05, 0) is 37.9 Å². The minimum atomic E-state index is 0.563. The second kappa shape index (κ2) is 6.13. The zero-order valence-corrected chi connectivity index (χ0v) is 15.0. The fraction of sp³-hybridized carbons (Fsp3) is 0.231. The number of hydrogen-bond acceptors (Lipinski definition) is 4. The van der Waals surface area contributed by atoms with Crippen LogP contribution in [0.4, 0.5) is 5.69 Å². The van der Waals surface area contributed by atoms with Crippen molar-refractivity contribution in [3.05, 3.63) is 36.4 Å². The van der Waals surface area contributed by atoms with Gasteiger partial charge in [0.2, 0.25) is 0 Å². The van der Waals surface area contributed by atoms with Crippen molar-refractivity contribution < 1.29 is 9.47 Å². The summed E-state index contributed by atoms with van der Waals surface area (Å²) in [7, 11) is 0. The van der Waals surface area contributed by atoms with E-state index in [-0.39, 0.29) is 0 Å². The third kappa shape index (κ3) is 3.08. The largest absolute Gasteiger partial charge is 0.486 e. The zero-order chi connectivity index (χ0) is 14.1. The van der Waals surface area contributed by atoms with Crippen LogP contribution < -0.4 is 14.8 Å². The lowest BCUT2D eigenvalue weighted by molar-refractivity contribution is 0.171. The molecule has 1 aliphatic heterocycles. The molecule has 106 valence electrons. The summed E-state index contributed by atoms with van der Waals surface area (Å²) in [4.78, 5) is 1.20. The number of nitrogens with one attached hydrogen (secondary N) is 1. The highest BCUT2D eigenvalue weighted by Gasteiger charge is 2.15. The van der Waals surface area contributed by atoms with Gasteiger partial charge in [-0.25, -0.2) is 0 Å². The van der Waals surface area contributed by atoms with E-state index in [0.29, 0.717) is 30.5 Å². The van der Waals surface area contributed by atoms with Crippen molar-refractivity contribution in [3.63, 3.8) is 0 Å². The minimum absolute atomic E-state index is 0.563. The van der Waals surface area contributed by atoms with Crippen LogP contribution in [0.25, 0.3) is 0 Å². The summed E-state index contributed by atoms with van der Waals surface area (Å²) in [6.45, 7) is 1.83. The van der Waals surface area contributed by atoms with Gasteiger partial charge in [0.1, 0.15) is 13.2 Å². The Kier molecular flexibility index (Phi) is 4.45. The van der Waals surface area contributed by atoms with Crippen LogP contribution in [0.15, 0.2) is 26.5 Å². The third-order valence-corrected chi connectivity index (χ3v) is 6.35. The van der Waals surface area contributed by atoms with E-state index in [2.05, 4.69) is 43.2 Å². The first-order chi connectivity index (χ1) is 9.63. The molecule has 0 aliphatic carbocycles. The summed E-state index contributed by atoms with van der Waals surface area (Å²) in [6, 6.07) is 5.75. The number of halogens is 3. The molecule has 7 heteroatoms. The number of fused-ring (bicyclic) bond motifs is 1. The fourth-order valence-corrected chi connectivity index (χ4v) is 4.20. The molecule has 3 rings (SSSR count). The van der Waals surface area contributed by atoms with Gasteiger partial charge in [-0.15, -0.1) is 11.3 Å². The molecule has 0 saturated heterocycles.